The highest BCUT2D eigenvalue weighted by atomic mass is 15.2. The van der Waals surface area contributed by atoms with Crippen LogP contribution in [0.25, 0.3) is 0 Å². The molecule has 0 saturated heterocycles. The third-order valence-corrected chi connectivity index (χ3v) is 5.63. The second-order valence-electron chi connectivity index (χ2n) is 7.07. The standard InChI is InChI=1S/C19H40N2/c1-6-10-18(20-15-7-2)19(9-4)21(5)17-13-11-16(8-3)12-14-17/h16-20H,6-15H2,1-5H3. The van der Waals surface area contributed by atoms with Gasteiger partial charge in [-0.3, -0.25) is 4.90 Å². The molecule has 2 atom stereocenters. The molecule has 1 aliphatic carbocycles. The summed E-state index contributed by atoms with van der Waals surface area (Å²) < 4.78 is 0. The lowest BCUT2D eigenvalue weighted by atomic mass is 9.83. The Bertz CT molecular complexity index is 246. The lowest BCUT2D eigenvalue weighted by Gasteiger charge is -2.42. The van der Waals surface area contributed by atoms with E-state index < -0.39 is 0 Å². The van der Waals surface area contributed by atoms with Crippen molar-refractivity contribution in [1.29, 1.82) is 0 Å². The quantitative estimate of drug-likeness (QED) is 0.621. The minimum Gasteiger partial charge on any atom is -0.312 e. The molecule has 0 bridgehead atoms. The predicted octanol–water partition coefficient (Wildman–Crippen LogP) is 4.83. The fourth-order valence-electron chi connectivity index (χ4n) is 4.16. The van der Waals surface area contributed by atoms with Gasteiger partial charge in [0.1, 0.15) is 0 Å². The van der Waals surface area contributed by atoms with Gasteiger partial charge >= 0.3 is 0 Å². The Morgan fingerprint density at radius 1 is 1.00 bits per heavy atom. The maximum absolute atomic E-state index is 3.82. The first-order chi connectivity index (χ1) is 10.2. The highest BCUT2D eigenvalue weighted by molar-refractivity contribution is 4.87. The van der Waals surface area contributed by atoms with Gasteiger partial charge in [-0.05, 0) is 64.5 Å². The molecule has 1 aliphatic rings. The number of nitrogens with zero attached hydrogens (tertiary/aromatic N) is 1. The van der Waals surface area contributed by atoms with Crippen LogP contribution in [0.1, 0.15) is 85.5 Å². The normalized spacial score (nSPS) is 26.0. The first-order valence-electron chi connectivity index (χ1n) is 9.63. The summed E-state index contributed by atoms with van der Waals surface area (Å²) in [6, 6.07) is 2.20. The highest BCUT2D eigenvalue weighted by Crippen LogP contribution is 2.30. The van der Waals surface area contributed by atoms with E-state index in [1.807, 2.05) is 0 Å². The average Bonchev–Trinajstić information content (AvgIpc) is 2.53. The van der Waals surface area contributed by atoms with Gasteiger partial charge in [0.15, 0.2) is 0 Å². The summed E-state index contributed by atoms with van der Waals surface area (Å²) in [5, 5.41) is 3.82. The summed E-state index contributed by atoms with van der Waals surface area (Å²) in [4.78, 5) is 2.73. The van der Waals surface area contributed by atoms with Crippen LogP contribution in [0, 0.1) is 5.92 Å². The van der Waals surface area contributed by atoms with E-state index in [4.69, 9.17) is 0 Å². The van der Waals surface area contributed by atoms with E-state index in [1.165, 1.54) is 57.8 Å². The summed E-state index contributed by atoms with van der Waals surface area (Å²) in [7, 11) is 2.39. The first kappa shape index (κ1) is 19.0. The summed E-state index contributed by atoms with van der Waals surface area (Å²) in [6.07, 6.45) is 12.2. The van der Waals surface area contributed by atoms with Crippen LogP contribution in [0.4, 0.5) is 0 Å². The van der Waals surface area contributed by atoms with Gasteiger partial charge in [0.2, 0.25) is 0 Å². The summed E-state index contributed by atoms with van der Waals surface area (Å²) >= 11 is 0. The molecular weight excluding hydrogens is 256 g/mol. The number of hydrogen-bond acceptors (Lipinski definition) is 2. The molecule has 1 N–H and O–H groups in total. The van der Waals surface area contributed by atoms with Gasteiger partial charge in [-0.15, -0.1) is 0 Å². The molecule has 21 heavy (non-hydrogen) atoms. The third-order valence-electron chi connectivity index (χ3n) is 5.63. The SMILES string of the molecule is CCCNC(CCC)C(CC)N(C)C1CCC(CC)CC1. The van der Waals surface area contributed by atoms with E-state index in [1.54, 1.807) is 0 Å². The Hall–Kier alpha value is -0.0800. The molecule has 1 rings (SSSR count). The first-order valence-corrected chi connectivity index (χ1v) is 9.63. The molecule has 2 heteroatoms. The minimum absolute atomic E-state index is 0.675. The van der Waals surface area contributed by atoms with Crippen LogP contribution in [0.2, 0.25) is 0 Å². The largest absolute Gasteiger partial charge is 0.312 e. The van der Waals surface area contributed by atoms with Crippen LogP contribution >= 0.6 is 0 Å². The molecule has 0 aromatic heterocycles. The molecule has 0 heterocycles. The van der Waals surface area contributed by atoms with E-state index in [2.05, 4.69) is 45.0 Å². The van der Waals surface area contributed by atoms with E-state index in [0.29, 0.717) is 12.1 Å². The topological polar surface area (TPSA) is 15.3 Å². The number of likely N-dealkylation sites (N-methyl/N-ethyl adjacent to an activating group) is 1. The Morgan fingerprint density at radius 2 is 1.67 bits per heavy atom. The summed E-state index contributed by atoms with van der Waals surface area (Å²) in [6.45, 7) is 10.5. The van der Waals surface area contributed by atoms with Crippen molar-refractivity contribution in [2.45, 2.75) is 104 Å². The van der Waals surface area contributed by atoms with Crippen molar-refractivity contribution in [3.63, 3.8) is 0 Å². The second kappa shape index (κ2) is 10.6. The molecule has 126 valence electrons. The Labute approximate surface area is 134 Å². The van der Waals surface area contributed by atoms with Crippen molar-refractivity contribution < 1.29 is 0 Å². The van der Waals surface area contributed by atoms with E-state index in [0.717, 1.165) is 18.5 Å². The third kappa shape index (κ3) is 5.90. The van der Waals surface area contributed by atoms with Crippen molar-refractivity contribution in [3.05, 3.63) is 0 Å². The fraction of sp³-hybridized carbons (Fsp3) is 1.00. The fourth-order valence-corrected chi connectivity index (χ4v) is 4.16. The zero-order valence-electron chi connectivity index (χ0n) is 15.3. The number of hydrogen-bond donors (Lipinski definition) is 1. The van der Waals surface area contributed by atoms with Crippen molar-refractivity contribution >= 4 is 0 Å². The zero-order valence-corrected chi connectivity index (χ0v) is 15.3. The van der Waals surface area contributed by atoms with Gasteiger partial charge in [-0.25, -0.2) is 0 Å². The maximum Gasteiger partial charge on any atom is 0.0246 e. The molecule has 0 amide bonds. The van der Waals surface area contributed by atoms with Crippen molar-refractivity contribution in [2.24, 2.45) is 5.92 Å². The van der Waals surface area contributed by atoms with Crippen LogP contribution < -0.4 is 5.32 Å². The van der Waals surface area contributed by atoms with Crippen molar-refractivity contribution in [1.82, 2.24) is 10.2 Å². The van der Waals surface area contributed by atoms with Crippen molar-refractivity contribution in [2.75, 3.05) is 13.6 Å². The zero-order chi connectivity index (χ0) is 15.7. The Morgan fingerprint density at radius 3 is 2.14 bits per heavy atom. The number of nitrogens with one attached hydrogen (secondary N) is 1. The van der Waals surface area contributed by atoms with Gasteiger partial charge in [0.05, 0.1) is 0 Å². The molecule has 0 aromatic carbocycles. The molecule has 0 spiro atoms. The Kier molecular flexibility index (Phi) is 9.59. The molecular formula is C19H40N2. The van der Waals surface area contributed by atoms with E-state index in [9.17, 15) is 0 Å². The van der Waals surface area contributed by atoms with Crippen LogP contribution in [-0.4, -0.2) is 36.6 Å². The van der Waals surface area contributed by atoms with Gasteiger partial charge < -0.3 is 5.32 Å². The number of rotatable bonds is 10. The Balaban J connectivity index is 2.58. The van der Waals surface area contributed by atoms with E-state index >= 15 is 0 Å². The average molecular weight is 297 g/mol. The van der Waals surface area contributed by atoms with Gasteiger partial charge in [0.25, 0.3) is 0 Å². The van der Waals surface area contributed by atoms with Gasteiger partial charge in [0, 0.05) is 18.1 Å². The van der Waals surface area contributed by atoms with Crippen LogP contribution in [0.15, 0.2) is 0 Å². The van der Waals surface area contributed by atoms with Crippen molar-refractivity contribution in [3.8, 4) is 0 Å². The monoisotopic (exact) mass is 296 g/mol. The molecule has 0 aromatic rings. The van der Waals surface area contributed by atoms with Crippen LogP contribution in [0.3, 0.4) is 0 Å². The highest BCUT2D eigenvalue weighted by Gasteiger charge is 2.30. The lowest BCUT2D eigenvalue weighted by molar-refractivity contribution is 0.0910. The molecule has 1 fully saturated rings. The van der Waals surface area contributed by atoms with Gasteiger partial charge in [-0.1, -0.05) is 40.5 Å². The molecule has 0 aliphatic heterocycles. The van der Waals surface area contributed by atoms with Crippen LogP contribution in [0.5, 0.6) is 0 Å². The molecule has 2 nitrogen and oxygen atoms in total. The maximum atomic E-state index is 3.82. The molecule has 2 unspecified atom stereocenters. The van der Waals surface area contributed by atoms with Gasteiger partial charge in [-0.2, -0.15) is 0 Å². The second-order valence-corrected chi connectivity index (χ2v) is 7.07. The predicted molar refractivity (Wildman–Crippen MR) is 94.9 cm³/mol. The lowest BCUT2D eigenvalue weighted by Crippen LogP contribution is -2.52. The molecule has 1 saturated carbocycles. The summed E-state index contributed by atoms with van der Waals surface area (Å²) in [5.74, 6) is 0.999. The van der Waals surface area contributed by atoms with E-state index in [-0.39, 0.29) is 0 Å². The minimum atomic E-state index is 0.675. The van der Waals surface area contributed by atoms with Crippen LogP contribution in [-0.2, 0) is 0 Å². The smallest absolute Gasteiger partial charge is 0.0246 e. The molecule has 0 radical (unpaired) electrons. The summed E-state index contributed by atoms with van der Waals surface area (Å²) in [5.41, 5.74) is 0.